The number of benzene rings is 1. The second kappa shape index (κ2) is 5.43. The van der Waals surface area contributed by atoms with Crippen LogP contribution >= 0.6 is 11.6 Å². The SMILES string of the molecule is N=C(Oc1ccc([N+](=O)[O-])cc1)C(O)CCl. The van der Waals surface area contributed by atoms with Gasteiger partial charge in [-0.3, -0.25) is 15.5 Å². The van der Waals surface area contributed by atoms with Crippen molar-refractivity contribution >= 4 is 23.2 Å². The molecule has 0 heterocycles. The highest BCUT2D eigenvalue weighted by atomic mass is 35.5. The lowest BCUT2D eigenvalue weighted by molar-refractivity contribution is -0.384. The number of non-ortho nitro benzene ring substituents is 1. The van der Waals surface area contributed by atoms with Crippen LogP contribution in [-0.2, 0) is 0 Å². The number of alkyl halides is 1. The van der Waals surface area contributed by atoms with E-state index in [9.17, 15) is 10.1 Å². The molecule has 1 aromatic rings. The average molecular weight is 245 g/mol. The molecule has 0 aromatic heterocycles. The van der Waals surface area contributed by atoms with Gasteiger partial charge in [0, 0.05) is 12.1 Å². The first-order valence-electron chi connectivity index (χ1n) is 4.29. The third-order valence-corrected chi connectivity index (χ3v) is 2.02. The van der Waals surface area contributed by atoms with Crippen LogP contribution in [0.25, 0.3) is 0 Å². The summed E-state index contributed by atoms with van der Waals surface area (Å²) in [4.78, 5) is 9.82. The van der Waals surface area contributed by atoms with Crippen LogP contribution in [0.5, 0.6) is 5.75 Å². The van der Waals surface area contributed by atoms with Gasteiger partial charge in [0.2, 0.25) is 5.90 Å². The van der Waals surface area contributed by atoms with Crippen molar-refractivity contribution in [1.82, 2.24) is 0 Å². The molecule has 1 aromatic carbocycles. The third kappa shape index (κ3) is 3.18. The van der Waals surface area contributed by atoms with E-state index < -0.39 is 16.9 Å². The van der Waals surface area contributed by atoms with Crippen molar-refractivity contribution in [2.45, 2.75) is 6.10 Å². The van der Waals surface area contributed by atoms with Gasteiger partial charge in [-0.15, -0.1) is 11.6 Å². The Morgan fingerprint density at radius 3 is 2.56 bits per heavy atom. The Balaban J connectivity index is 2.69. The van der Waals surface area contributed by atoms with E-state index in [1.54, 1.807) is 0 Å². The molecule has 0 saturated heterocycles. The molecule has 0 saturated carbocycles. The van der Waals surface area contributed by atoms with Gasteiger partial charge < -0.3 is 9.84 Å². The van der Waals surface area contributed by atoms with Crippen molar-refractivity contribution in [3.05, 3.63) is 34.4 Å². The number of hydrogen-bond acceptors (Lipinski definition) is 5. The minimum absolute atomic E-state index is 0.0724. The number of aliphatic hydroxyl groups is 1. The highest BCUT2D eigenvalue weighted by Crippen LogP contribution is 2.17. The lowest BCUT2D eigenvalue weighted by Gasteiger charge is -2.09. The van der Waals surface area contributed by atoms with Crippen LogP contribution in [0, 0.1) is 15.5 Å². The maximum atomic E-state index is 10.4. The first-order valence-corrected chi connectivity index (χ1v) is 4.83. The van der Waals surface area contributed by atoms with Gasteiger partial charge in [-0.1, -0.05) is 0 Å². The van der Waals surface area contributed by atoms with E-state index >= 15 is 0 Å². The molecular formula is C9H9ClN2O4. The predicted octanol–water partition coefficient (Wildman–Crippen LogP) is 1.55. The van der Waals surface area contributed by atoms with Gasteiger partial charge in [-0.2, -0.15) is 0 Å². The second-order valence-corrected chi connectivity index (χ2v) is 3.20. The van der Waals surface area contributed by atoms with Gasteiger partial charge in [-0.05, 0) is 12.1 Å². The second-order valence-electron chi connectivity index (χ2n) is 2.89. The van der Waals surface area contributed by atoms with Crippen molar-refractivity contribution in [2.24, 2.45) is 0 Å². The van der Waals surface area contributed by atoms with E-state index in [-0.39, 0.29) is 17.3 Å². The summed E-state index contributed by atoms with van der Waals surface area (Å²) in [6.45, 7) is 0. The van der Waals surface area contributed by atoms with Gasteiger partial charge in [0.1, 0.15) is 11.9 Å². The number of aliphatic hydroxyl groups excluding tert-OH is 1. The van der Waals surface area contributed by atoms with Crippen LogP contribution in [0.15, 0.2) is 24.3 Å². The van der Waals surface area contributed by atoms with E-state index in [0.717, 1.165) is 0 Å². The van der Waals surface area contributed by atoms with Crippen molar-refractivity contribution in [3.8, 4) is 5.75 Å². The molecule has 0 fully saturated rings. The van der Waals surface area contributed by atoms with E-state index in [4.69, 9.17) is 26.9 Å². The Kier molecular flexibility index (Phi) is 4.21. The number of ether oxygens (including phenoxy) is 1. The van der Waals surface area contributed by atoms with Crippen molar-refractivity contribution in [1.29, 1.82) is 5.41 Å². The summed E-state index contributed by atoms with van der Waals surface area (Å²) in [7, 11) is 0. The fourth-order valence-corrected chi connectivity index (χ4v) is 1.04. The Labute approximate surface area is 96.1 Å². The molecule has 16 heavy (non-hydrogen) atoms. The summed E-state index contributed by atoms with van der Waals surface area (Å²) in [6, 6.07) is 5.17. The van der Waals surface area contributed by atoms with Crippen molar-refractivity contribution < 1.29 is 14.8 Å². The lowest BCUT2D eigenvalue weighted by atomic mass is 10.3. The highest BCUT2D eigenvalue weighted by Gasteiger charge is 2.12. The summed E-state index contributed by atoms with van der Waals surface area (Å²) >= 11 is 5.32. The molecule has 1 rings (SSSR count). The fraction of sp³-hybridized carbons (Fsp3) is 0.222. The zero-order valence-corrected chi connectivity index (χ0v) is 8.85. The van der Waals surface area contributed by atoms with Crippen LogP contribution in [0.3, 0.4) is 0 Å². The largest absolute Gasteiger partial charge is 0.441 e. The minimum atomic E-state index is -1.18. The third-order valence-electron chi connectivity index (χ3n) is 1.72. The van der Waals surface area contributed by atoms with Crippen molar-refractivity contribution in [2.75, 3.05) is 5.88 Å². The Hall–Kier alpha value is -1.66. The lowest BCUT2D eigenvalue weighted by Crippen LogP contribution is -2.26. The molecule has 0 aliphatic heterocycles. The molecule has 0 amide bonds. The number of nitrogens with one attached hydrogen (secondary N) is 1. The molecule has 2 N–H and O–H groups in total. The predicted molar refractivity (Wildman–Crippen MR) is 58.2 cm³/mol. The molecule has 1 unspecified atom stereocenters. The summed E-state index contributed by atoms with van der Waals surface area (Å²) in [5.41, 5.74) is -0.0724. The van der Waals surface area contributed by atoms with Crippen molar-refractivity contribution in [3.63, 3.8) is 0 Å². The Bertz CT molecular complexity index is 393. The summed E-state index contributed by atoms with van der Waals surface area (Å²) in [5.74, 6) is -0.310. The molecule has 0 radical (unpaired) electrons. The fourth-order valence-electron chi connectivity index (χ4n) is 0.901. The number of hydrogen-bond donors (Lipinski definition) is 2. The van der Waals surface area contributed by atoms with E-state index in [1.165, 1.54) is 24.3 Å². The Morgan fingerprint density at radius 1 is 1.56 bits per heavy atom. The number of rotatable bonds is 4. The summed E-state index contributed by atoms with van der Waals surface area (Å²) in [5, 5.41) is 26.8. The molecule has 1 atom stereocenters. The maximum absolute atomic E-state index is 10.4. The normalized spacial score (nSPS) is 11.9. The van der Waals surface area contributed by atoms with Crippen LogP contribution in [-0.4, -0.2) is 27.9 Å². The summed E-state index contributed by atoms with van der Waals surface area (Å²) in [6.07, 6.45) is -1.18. The van der Waals surface area contributed by atoms with Crippen LogP contribution in [0.1, 0.15) is 0 Å². The van der Waals surface area contributed by atoms with Gasteiger partial charge >= 0.3 is 0 Å². The zero-order valence-electron chi connectivity index (χ0n) is 8.09. The van der Waals surface area contributed by atoms with Gasteiger partial charge in [0.15, 0.2) is 0 Å². The molecule has 0 aliphatic rings. The number of nitrogens with zero attached hydrogens (tertiary/aromatic N) is 1. The number of halogens is 1. The number of nitro groups is 1. The maximum Gasteiger partial charge on any atom is 0.269 e. The van der Waals surface area contributed by atoms with Gasteiger partial charge in [-0.25, -0.2) is 0 Å². The van der Waals surface area contributed by atoms with E-state index in [0.29, 0.717) is 0 Å². The standard InChI is InChI=1S/C9H9ClN2O4/c10-5-8(13)9(11)16-7-3-1-6(2-4-7)12(14)15/h1-4,8,11,13H,5H2. The topological polar surface area (TPSA) is 96.5 Å². The first-order chi connectivity index (χ1) is 7.54. The zero-order chi connectivity index (χ0) is 12.1. The van der Waals surface area contributed by atoms with Gasteiger partial charge in [0.25, 0.3) is 5.69 Å². The molecule has 6 nitrogen and oxygen atoms in total. The van der Waals surface area contributed by atoms with Crippen LogP contribution in [0.2, 0.25) is 0 Å². The molecule has 0 spiro atoms. The highest BCUT2D eigenvalue weighted by molar-refractivity contribution is 6.19. The van der Waals surface area contributed by atoms with Gasteiger partial charge in [0.05, 0.1) is 10.8 Å². The summed E-state index contributed by atoms with van der Waals surface area (Å²) < 4.78 is 4.93. The average Bonchev–Trinajstić information content (AvgIpc) is 2.28. The van der Waals surface area contributed by atoms with Crippen LogP contribution in [0.4, 0.5) is 5.69 Å². The Morgan fingerprint density at radius 2 is 2.12 bits per heavy atom. The molecule has 86 valence electrons. The molecular weight excluding hydrogens is 236 g/mol. The smallest absolute Gasteiger partial charge is 0.269 e. The molecule has 0 bridgehead atoms. The van der Waals surface area contributed by atoms with E-state index in [2.05, 4.69) is 0 Å². The molecule has 0 aliphatic carbocycles. The minimum Gasteiger partial charge on any atom is -0.441 e. The van der Waals surface area contributed by atoms with E-state index in [1.807, 2.05) is 0 Å². The first kappa shape index (κ1) is 12.4. The van der Waals surface area contributed by atoms with Crippen LogP contribution < -0.4 is 4.74 Å². The monoisotopic (exact) mass is 244 g/mol. The quantitative estimate of drug-likeness (QED) is 0.276. The molecule has 7 heteroatoms. The number of nitro benzene ring substituents is 1.